The zero-order valence-corrected chi connectivity index (χ0v) is 13.2. The third-order valence-corrected chi connectivity index (χ3v) is 4.81. The molecule has 0 spiro atoms. The number of hydrogen-bond acceptors (Lipinski definition) is 4. The zero-order chi connectivity index (χ0) is 14.3. The molecule has 2 aliphatic heterocycles. The van der Waals surface area contributed by atoms with Crippen LogP contribution in [0.15, 0.2) is 6.20 Å². The summed E-state index contributed by atoms with van der Waals surface area (Å²) in [7, 11) is 2.16. The van der Waals surface area contributed by atoms with Crippen LogP contribution in [-0.4, -0.2) is 41.5 Å². The van der Waals surface area contributed by atoms with E-state index < -0.39 is 0 Å². The first-order valence-corrected chi connectivity index (χ1v) is 7.72. The third-order valence-electron chi connectivity index (χ3n) is 4.81. The van der Waals surface area contributed by atoms with E-state index in [0.29, 0.717) is 5.41 Å². The SMILES string of the molecule is CN1CCc2nc(N3CCC(C(C)(C)C)C3)ncc2C1. The maximum absolute atomic E-state index is 4.83. The Labute approximate surface area is 122 Å². The monoisotopic (exact) mass is 274 g/mol. The molecule has 2 aliphatic rings. The van der Waals surface area contributed by atoms with Crippen LogP contribution in [0.3, 0.4) is 0 Å². The van der Waals surface area contributed by atoms with Gasteiger partial charge in [-0.1, -0.05) is 20.8 Å². The van der Waals surface area contributed by atoms with Crippen LogP contribution >= 0.6 is 0 Å². The normalized spacial score (nSPS) is 24.0. The second-order valence-corrected chi connectivity index (χ2v) is 7.43. The molecule has 1 unspecified atom stereocenters. The Kier molecular flexibility index (Phi) is 3.44. The molecular weight excluding hydrogens is 248 g/mol. The molecule has 1 atom stereocenters. The number of rotatable bonds is 1. The van der Waals surface area contributed by atoms with Crippen LogP contribution in [0.5, 0.6) is 0 Å². The standard InChI is InChI=1S/C16H26N4/c1-16(2,3)13-5-8-20(11-13)15-17-9-12-10-19(4)7-6-14(12)18-15/h9,13H,5-8,10-11H2,1-4H3. The molecule has 3 rings (SSSR count). The number of hydrogen-bond donors (Lipinski definition) is 0. The maximum Gasteiger partial charge on any atom is 0.225 e. The van der Waals surface area contributed by atoms with Crippen molar-refractivity contribution in [2.75, 3.05) is 31.6 Å². The highest BCUT2D eigenvalue weighted by Gasteiger charge is 2.33. The van der Waals surface area contributed by atoms with Crippen molar-refractivity contribution in [3.8, 4) is 0 Å². The molecule has 1 aromatic rings. The van der Waals surface area contributed by atoms with Gasteiger partial charge in [-0.2, -0.15) is 0 Å². The highest BCUT2D eigenvalue weighted by molar-refractivity contribution is 5.35. The Hall–Kier alpha value is -1.16. The molecule has 4 heteroatoms. The number of anilines is 1. The summed E-state index contributed by atoms with van der Waals surface area (Å²) >= 11 is 0. The van der Waals surface area contributed by atoms with E-state index in [2.05, 4.69) is 42.6 Å². The van der Waals surface area contributed by atoms with E-state index in [1.807, 2.05) is 6.20 Å². The Morgan fingerprint density at radius 1 is 1.25 bits per heavy atom. The fraction of sp³-hybridized carbons (Fsp3) is 0.750. The molecule has 4 nitrogen and oxygen atoms in total. The minimum atomic E-state index is 0.381. The van der Waals surface area contributed by atoms with Gasteiger partial charge in [0.05, 0.1) is 5.69 Å². The lowest BCUT2D eigenvalue weighted by molar-refractivity contribution is 0.263. The highest BCUT2D eigenvalue weighted by Crippen LogP contribution is 2.34. The first-order chi connectivity index (χ1) is 9.43. The van der Waals surface area contributed by atoms with E-state index in [4.69, 9.17) is 4.98 Å². The molecule has 3 heterocycles. The predicted octanol–water partition coefficient (Wildman–Crippen LogP) is 2.34. The lowest BCUT2D eigenvalue weighted by Crippen LogP contribution is -2.30. The van der Waals surface area contributed by atoms with E-state index in [1.165, 1.54) is 17.7 Å². The lowest BCUT2D eigenvalue weighted by Gasteiger charge is -2.28. The summed E-state index contributed by atoms with van der Waals surface area (Å²) in [6, 6.07) is 0. The second kappa shape index (κ2) is 4.99. The molecule has 1 aromatic heterocycles. The minimum Gasteiger partial charge on any atom is -0.341 e. The molecule has 0 aromatic carbocycles. The van der Waals surface area contributed by atoms with Crippen LogP contribution in [0.25, 0.3) is 0 Å². The second-order valence-electron chi connectivity index (χ2n) is 7.43. The van der Waals surface area contributed by atoms with Gasteiger partial charge in [0.2, 0.25) is 5.95 Å². The van der Waals surface area contributed by atoms with Gasteiger partial charge >= 0.3 is 0 Å². The Bertz CT molecular complexity index is 492. The van der Waals surface area contributed by atoms with Gasteiger partial charge in [-0.3, -0.25) is 0 Å². The molecule has 0 amide bonds. The van der Waals surface area contributed by atoms with E-state index in [1.54, 1.807) is 0 Å². The van der Waals surface area contributed by atoms with Crippen molar-refractivity contribution in [1.29, 1.82) is 0 Å². The fourth-order valence-electron chi connectivity index (χ4n) is 3.25. The third kappa shape index (κ3) is 2.66. The topological polar surface area (TPSA) is 32.3 Å². The largest absolute Gasteiger partial charge is 0.341 e. The average molecular weight is 274 g/mol. The van der Waals surface area contributed by atoms with Gasteiger partial charge in [0.15, 0.2) is 0 Å². The summed E-state index contributed by atoms with van der Waals surface area (Å²) in [6.45, 7) is 11.3. The maximum atomic E-state index is 4.83. The minimum absolute atomic E-state index is 0.381. The Balaban J connectivity index is 1.76. The van der Waals surface area contributed by atoms with E-state index in [-0.39, 0.29) is 0 Å². The van der Waals surface area contributed by atoms with Gasteiger partial charge in [0.1, 0.15) is 0 Å². The molecular formula is C16H26N4. The predicted molar refractivity (Wildman–Crippen MR) is 81.8 cm³/mol. The number of fused-ring (bicyclic) bond motifs is 1. The highest BCUT2D eigenvalue weighted by atomic mass is 15.3. The van der Waals surface area contributed by atoms with Crippen LogP contribution in [-0.2, 0) is 13.0 Å². The van der Waals surface area contributed by atoms with Gasteiger partial charge in [0, 0.05) is 44.4 Å². The van der Waals surface area contributed by atoms with Crippen molar-refractivity contribution in [3.05, 3.63) is 17.5 Å². The van der Waals surface area contributed by atoms with Crippen molar-refractivity contribution in [1.82, 2.24) is 14.9 Å². The van der Waals surface area contributed by atoms with E-state index >= 15 is 0 Å². The summed E-state index contributed by atoms with van der Waals surface area (Å²) in [5, 5.41) is 0. The summed E-state index contributed by atoms with van der Waals surface area (Å²) in [5.74, 6) is 1.69. The van der Waals surface area contributed by atoms with E-state index in [9.17, 15) is 0 Å². The molecule has 1 fully saturated rings. The van der Waals surface area contributed by atoms with Crippen LogP contribution < -0.4 is 4.90 Å². The Morgan fingerprint density at radius 2 is 2.05 bits per heavy atom. The summed E-state index contributed by atoms with van der Waals surface area (Å²) in [6.07, 6.45) is 4.35. The van der Waals surface area contributed by atoms with Crippen LogP contribution in [0.4, 0.5) is 5.95 Å². The Morgan fingerprint density at radius 3 is 2.75 bits per heavy atom. The molecule has 20 heavy (non-hydrogen) atoms. The molecule has 1 saturated heterocycles. The molecule has 0 saturated carbocycles. The van der Waals surface area contributed by atoms with Crippen molar-refractivity contribution in [3.63, 3.8) is 0 Å². The molecule has 0 radical (unpaired) electrons. The zero-order valence-electron chi connectivity index (χ0n) is 13.2. The van der Waals surface area contributed by atoms with Crippen molar-refractivity contribution >= 4 is 5.95 Å². The molecule has 110 valence electrons. The molecule has 0 aliphatic carbocycles. The summed E-state index contributed by atoms with van der Waals surface area (Å²) < 4.78 is 0. The van der Waals surface area contributed by atoms with Crippen LogP contribution in [0.1, 0.15) is 38.4 Å². The number of likely N-dealkylation sites (N-methyl/N-ethyl adjacent to an activating group) is 1. The van der Waals surface area contributed by atoms with Gasteiger partial charge in [0.25, 0.3) is 0 Å². The summed E-state index contributed by atoms with van der Waals surface area (Å²) in [5.41, 5.74) is 2.94. The number of aromatic nitrogens is 2. The molecule has 0 N–H and O–H groups in total. The summed E-state index contributed by atoms with van der Waals surface area (Å²) in [4.78, 5) is 14.1. The van der Waals surface area contributed by atoms with Crippen LogP contribution in [0.2, 0.25) is 0 Å². The van der Waals surface area contributed by atoms with Crippen molar-refractivity contribution < 1.29 is 0 Å². The fourth-order valence-corrected chi connectivity index (χ4v) is 3.25. The van der Waals surface area contributed by atoms with Gasteiger partial charge < -0.3 is 9.80 Å². The van der Waals surface area contributed by atoms with Crippen molar-refractivity contribution in [2.24, 2.45) is 11.3 Å². The van der Waals surface area contributed by atoms with Crippen LogP contribution in [0, 0.1) is 11.3 Å². The smallest absolute Gasteiger partial charge is 0.225 e. The first-order valence-electron chi connectivity index (χ1n) is 7.72. The lowest BCUT2D eigenvalue weighted by atomic mass is 9.80. The van der Waals surface area contributed by atoms with Gasteiger partial charge in [-0.05, 0) is 24.8 Å². The van der Waals surface area contributed by atoms with Crippen molar-refractivity contribution in [2.45, 2.75) is 40.2 Å². The average Bonchev–Trinajstić information content (AvgIpc) is 2.87. The number of nitrogens with zero attached hydrogens (tertiary/aromatic N) is 4. The van der Waals surface area contributed by atoms with E-state index in [0.717, 1.165) is 44.5 Å². The van der Waals surface area contributed by atoms with Gasteiger partial charge in [-0.15, -0.1) is 0 Å². The quantitative estimate of drug-likeness (QED) is 0.787. The first kappa shape index (κ1) is 13.8. The molecule has 0 bridgehead atoms. The van der Waals surface area contributed by atoms with Gasteiger partial charge in [-0.25, -0.2) is 9.97 Å².